The molecule has 0 aliphatic carbocycles. The Kier molecular flexibility index (Phi) is 5.89. The molecule has 1 fully saturated rings. The summed E-state index contributed by atoms with van der Waals surface area (Å²) in [7, 11) is 0. The summed E-state index contributed by atoms with van der Waals surface area (Å²) in [5.74, 6) is -0.113. The third-order valence-corrected chi connectivity index (χ3v) is 5.90. The van der Waals surface area contributed by atoms with Gasteiger partial charge in [-0.2, -0.15) is 5.10 Å². The average molecular weight is 417 g/mol. The second-order valence-corrected chi connectivity index (χ2v) is 8.56. The van der Waals surface area contributed by atoms with Crippen LogP contribution in [-0.4, -0.2) is 46.0 Å². The molecule has 0 bridgehead atoms. The van der Waals surface area contributed by atoms with Crippen molar-refractivity contribution >= 4 is 11.8 Å². The van der Waals surface area contributed by atoms with E-state index in [0.29, 0.717) is 31.6 Å². The minimum absolute atomic E-state index is 0.00488. The Morgan fingerprint density at radius 3 is 2.55 bits per heavy atom. The minimum Gasteiger partial charge on any atom is -0.353 e. The van der Waals surface area contributed by atoms with Crippen molar-refractivity contribution < 1.29 is 9.59 Å². The van der Waals surface area contributed by atoms with Gasteiger partial charge in [-0.3, -0.25) is 14.7 Å². The standard InChI is InChI=1S/C25H28N4O2/c1-18(2)27-24(31)25(13-15-29(17-25)23(30)22-12-14-26-28-22)16-20-10-6-7-11-21(20)19-8-4-3-5-9-19/h3-12,14,18H,13,15-17H2,1-2H3,(H,26,28)(H,27,31)/t25-/m0/s1. The molecule has 0 spiro atoms. The summed E-state index contributed by atoms with van der Waals surface area (Å²) in [5, 5.41) is 9.73. The number of nitrogens with zero attached hydrogens (tertiary/aromatic N) is 2. The van der Waals surface area contributed by atoms with Crippen LogP contribution in [0.5, 0.6) is 0 Å². The van der Waals surface area contributed by atoms with Gasteiger partial charge < -0.3 is 10.2 Å². The van der Waals surface area contributed by atoms with E-state index in [4.69, 9.17) is 0 Å². The molecule has 0 radical (unpaired) electrons. The molecule has 2 heterocycles. The number of hydrogen-bond acceptors (Lipinski definition) is 3. The highest BCUT2D eigenvalue weighted by atomic mass is 16.2. The molecule has 1 aliphatic heterocycles. The molecule has 31 heavy (non-hydrogen) atoms. The van der Waals surface area contributed by atoms with Crippen molar-refractivity contribution in [1.82, 2.24) is 20.4 Å². The number of carbonyl (C=O) groups is 2. The maximum absolute atomic E-state index is 13.4. The molecule has 1 saturated heterocycles. The Morgan fingerprint density at radius 2 is 1.84 bits per heavy atom. The average Bonchev–Trinajstić information content (AvgIpc) is 3.45. The molecule has 2 aromatic carbocycles. The SMILES string of the molecule is CC(C)NC(=O)[C@]1(Cc2ccccc2-c2ccccc2)CCN(C(=O)c2ccn[nH]2)C1. The molecule has 0 unspecified atom stereocenters. The molecule has 2 amide bonds. The normalized spacial score (nSPS) is 18.4. The minimum atomic E-state index is -0.676. The summed E-state index contributed by atoms with van der Waals surface area (Å²) in [5.41, 5.74) is 3.14. The van der Waals surface area contributed by atoms with Gasteiger partial charge in [-0.05, 0) is 49.4 Å². The van der Waals surface area contributed by atoms with E-state index in [1.165, 1.54) is 0 Å². The number of carbonyl (C=O) groups excluding carboxylic acids is 2. The molecule has 0 saturated carbocycles. The van der Waals surface area contributed by atoms with Gasteiger partial charge in [0, 0.05) is 25.3 Å². The molecular formula is C25H28N4O2. The maximum atomic E-state index is 13.4. The van der Waals surface area contributed by atoms with Crippen LogP contribution < -0.4 is 5.32 Å². The Hall–Kier alpha value is -3.41. The maximum Gasteiger partial charge on any atom is 0.271 e. The zero-order valence-electron chi connectivity index (χ0n) is 18.0. The molecule has 1 aromatic heterocycles. The summed E-state index contributed by atoms with van der Waals surface area (Å²) < 4.78 is 0. The summed E-state index contributed by atoms with van der Waals surface area (Å²) in [6.45, 7) is 4.85. The topological polar surface area (TPSA) is 78.1 Å². The predicted octanol–water partition coefficient (Wildman–Crippen LogP) is 3.68. The molecule has 160 valence electrons. The third kappa shape index (κ3) is 4.38. The van der Waals surface area contributed by atoms with E-state index in [2.05, 4.69) is 39.8 Å². The molecule has 2 N–H and O–H groups in total. The van der Waals surface area contributed by atoms with Gasteiger partial charge in [0.15, 0.2) is 0 Å². The Morgan fingerprint density at radius 1 is 1.10 bits per heavy atom. The van der Waals surface area contributed by atoms with Gasteiger partial charge in [0.2, 0.25) is 5.91 Å². The molecule has 6 nitrogen and oxygen atoms in total. The molecular weight excluding hydrogens is 388 g/mol. The number of rotatable bonds is 6. The van der Waals surface area contributed by atoms with Crippen molar-refractivity contribution in [2.75, 3.05) is 13.1 Å². The Balaban J connectivity index is 1.66. The first-order valence-corrected chi connectivity index (χ1v) is 10.7. The lowest BCUT2D eigenvalue weighted by Crippen LogP contribution is -2.47. The van der Waals surface area contributed by atoms with Crippen molar-refractivity contribution in [2.45, 2.75) is 32.7 Å². The zero-order valence-corrected chi connectivity index (χ0v) is 18.0. The van der Waals surface area contributed by atoms with Crippen LogP contribution in [0, 0.1) is 5.41 Å². The van der Waals surface area contributed by atoms with E-state index in [9.17, 15) is 9.59 Å². The van der Waals surface area contributed by atoms with Gasteiger partial charge in [-0.15, -0.1) is 0 Å². The third-order valence-electron chi connectivity index (χ3n) is 5.90. The van der Waals surface area contributed by atoms with Gasteiger partial charge in [0.1, 0.15) is 5.69 Å². The molecule has 6 heteroatoms. The quantitative estimate of drug-likeness (QED) is 0.644. The van der Waals surface area contributed by atoms with Crippen molar-refractivity contribution in [1.29, 1.82) is 0 Å². The first-order chi connectivity index (χ1) is 15.0. The lowest BCUT2D eigenvalue weighted by Gasteiger charge is -2.30. The van der Waals surface area contributed by atoms with Crippen LogP contribution in [0.3, 0.4) is 0 Å². The van der Waals surface area contributed by atoms with Crippen molar-refractivity contribution in [3.63, 3.8) is 0 Å². The number of H-pyrrole nitrogens is 1. The smallest absolute Gasteiger partial charge is 0.271 e. The Labute approximate surface area is 182 Å². The summed E-state index contributed by atoms with van der Waals surface area (Å²) >= 11 is 0. The number of nitrogens with one attached hydrogen (secondary N) is 2. The first kappa shape index (κ1) is 20.8. The van der Waals surface area contributed by atoms with E-state index in [0.717, 1.165) is 16.7 Å². The van der Waals surface area contributed by atoms with Gasteiger partial charge in [-0.1, -0.05) is 54.6 Å². The van der Waals surface area contributed by atoms with E-state index in [1.807, 2.05) is 44.2 Å². The lowest BCUT2D eigenvalue weighted by molar-refractivity contribution is -0.130. The highest BCUT2D eigenvalue weighted by molar-refractivity contribution is 5.94. The second-order valence-electron chi connectivity index (χ2n) is 8.56. The highest BCUT2D eigenvalue weighted by Gasteiger charge is 2.46. The number of benzene rings is 2. The van der Waals surface area contributed by atoms with E-state index < -0.39 is 5.41 Å². The van der Waals surface area contributed by atoms with Crippen LogP contribution in [0.15, 0.2) is 66.9 Å². The van der Waals surface area contributed by atoms with Gasteiger partial charge in [0.25, 0.3) is 5.91 Å². The fourth-order valence-corrected chi connectivity index (χ4v) is 4.35. The van der Waals surface area contributed by atoms with E-state index in [1.54, 1.807) is 17.2 Å². The van der Waals surface area contributed by atoms with Crippen molar-refractivity contribution in [3.8, 4) is 11.1 Å². The molecule has 3 aromatic rings. The lowest BCUT2D eigenvalue weighted by atomic mass is 9.78. The van der Waals surface area contributed by atoms with Crippen molar-refractivity contribution in [3.05, 3.63) is 78.1 Å². The first-order valence-electron chi connectivity index (χ1n) is 10.7. The second kappa shape index (κ2) is 8.76. The van der Waals surface area contributed by atoms with Crippen LogP contribution in [0.25, 0.3) is 11.1 Å². The van der Waals surface area contributed by atoms with Crippen molar-refractivity contribution in [2.24, 2.45) is 5.41 Å². The number of likely N-dealkylation sites (tertiary alicyclic amines) is 1. The van der Waals surface area contributed by atoms with Crippen LogP contribution in [0.4, 0.5) is 0 Å². The highest BCUT2D eigenvalue weighted by Crippen LogP contribution is 2.38. The predicted molar refractivity (Wildman–Crippen MR) is 120 cm³/mol. The van der Waals surface area contributed by atoms with Crippen LogP contribution >= 0.6 is 0 Å². The van der Waals surface area contributed by atoms with Crippen LogP contribution in [-0.2, 0) is 11.2 Å². The Bertz CT molecular complexity index is 1050. The molecule has 1 aliphatic rings. The van der Waals surface area contributed by atoms with Gasteiger partial charge >= 0.3 is 0 Å². The monoisotopic (exact) mass is 416 g/mol. The largest absolute Gasteiger partial charge is 0.353 e. The van der Waals surface area contributed by atoms with Gasteiger partial charge in [-0.25, -0.2) is 0 Å². The van der Waals surface area contributed by atoms with E-state index in [-0.39, 0.29) is 17.9 Å². The summed E-state index contributed by atoms with van der Waals surface area (Å²) in [6.07, 6.45) is 2.76. The number of amides is 2. The number of aromatic nitrogens is 2. The van der Waals surface area contributed by atoms with Crippen LogP contribution in [0.1, 0.15) is 36.3 Å². The number of aromatic amines is 1. The zero-order chi connectivity index (χ0) is 21.8. The van der Waals surface area contributed by atoms with Crippen LogP contribution in [0.2, 0.25) is 0 Å². The molecule has 1 atom stereocenters. The summed E-state index contributed by atoms with van der Waals surface area (Å²) in [4.78, 5) is 28.1. The fourth-order valence-electron chi connectivity index (χ4n) is 4.35. The molecule has 4 rings (SSSR count). The summed E-state index contributed by atoms with van der Waals surface area (Å²) in [6, 6.07) is 20.1. The van der Waals surface area contributed by atoms with Gasteiger partial charge in [0.05, 0.1) is 5.41 Å². The van der Waals surface area contributed by atoms with E-state index >= 15 is 0 Å². The fraction of sp³-hybridized carbons (Fsp3) is 0.320. The number of hydrogen-bond donors (Lipinski definition) is 2.